The maximum absolute atomic E-state index is 11.9. The molecule has 0 aliphatic heterocycles. The summed E-state index contributed by atoms with van der Waals surface area (Å²) in [4.78, 5) is 11.1. The lowest BCUT2D eigenvalue weighted by molar-refractivity contribution is 0.0760. The van der Waals surface area contributed by atoms with Gasteiger partial charge in [-0.1, -0.05) is 0 Å². The average molecular weight is 249 g/mol. The Balaban J connectivity index is 2.81. The van der Waals surface area contributed by atoms with E-state index in [-0.39, 0.29) is 24.1 Å². The second-order valence-corrected chi connectivity index (χ2v) is 3.24. The molecule has 0 bridgehead atoms. The molecule has 17 heavy (non-hydrogen) atoms. The number of ether oxygens (including phenoxy) is 2. The fourth-order valence-corrected chi connectivity index (χ4v) is 0.868. The van der Waals surface area contributed by atoms with Crippen LogP contribution in [0.2, 0.25) is 0 Å². The molecule has 0 atom stereocenters. The van der Waals surface area contributed by atoms with E-state index < -0.39 is 13.0 Å². The van der Waals surface area contributed by atoms with E-state index in [1.165, 1.54) is 0 Å². The zero-order valence-corrected chi connectivity index (χ0v) is 9.35. The summed E-state index contributed by atoms with van der Waals surface area (Å²) in [5.74, 6) is 5.08. The standard InChI is InChI=1S/C8H13F2N5O2/c1-4(2)17-8-13-6(15-11)12-7(14-8)16-3-5(9)10/h4-5H,3,11H2,1-2H3,(H,12,13,14,15). The van der Waals surface area contributed by atoms with Crippen LogP contribution in [-0.4, -0.2) is 34.1 Å². The number of halogens is 2. The largest absolute Gasteiger partial charge is 0.461 e. The van der Waals surface area contributed by atoms with Gasteiger partial charge in [0, 0.05) is 0 Å². The molecule has 96 valence electrons. The van der Waals surface area contributed by atoms with E-state index >= 15 is 0 Å². The summed E-state index contributed by atoms with van der Waals surface area (Å²) in [6.07, 6.45) is -2.79. The van der Waals surface area contributed by atoms with Crippen LogP contribution in [0, 0.1) is 0 Å². The molecule has 0 spiro atoms. The Morgan fingerprint density at radius 1 is 1.24 bits per heavy atom. The number of hydrazine groups is 1. The molecule has 0 fully saturated rings. The molecule has 0 saturated carbocycles. The van der Waals surface area contributed by atoms with Crippen LogP contribution in [0.4, 0.5) is 14.7 Å². The van der Waals surface area contributed by atoms with Crippen molar-refractivity contribution in [3.8, 4) is 12.0 Å². The quantitative estimate of drug-likeness (QED) is 0.562. The monoisotopic (exact) mass is 249 g/mol. The van der Waals surface area contributed by atoms with Gasteiger partial charge in [-0.3, -0.25) is 5.43 Å². The van der Waals surface area contributed by atoms with Crippen molar-refractivity contribution < 1.29 is 18.3 Å². The number of nitrogen functional groups attached to an aromatic ring is 1. The zero-order valence-electron chi connectivity index (χ0n) is 9.35. The van der Waals surface area contributed by atoms with Crippen molar-refractivity contribution in [2.45, 2.75) is 26.4 Å². The number of nitrogens with zero attached hydrogens (tertiary/aromatic N) is 3. The van der Waals surface area contributed by atoms with Crippen LogP contribution in [-0.2, 0) is 0 Å². The molecule has 0 aromatic carbocycles. The second kappa shape index (κ2) is 6.09. The van der Waals surface area contributed by atoms with Crippen molar-refractivity contribution in [3.05, 3.63) is 0 Å². The van der Waals surface area contributed by atoms with Crippen molar-refractivity contribution >= 4 is 5.95 Å². The van der Waals surface area contributed by atoms with Crippen molar-refractivity contribution in [3.63, 3.8) is 0 Å². The summed E-state index contributed by atoms with van der Waals surface area (Å²) >= 11 is 0. The van der Waals surface area contributed by atoms with E-state index in [1.54, 1.807) is 13.8 Å². The normalized spacial score (nSPS) is 10.8. The number of nitrogens with one attached hydrogen (secondary N) is 1. The number of hydrogen-bond donors (Lipinski definition) is 2. The topological polar surface area (TPSA) is 95.2 Å². The number of rotatable bonds is 6. The minimum Gasteiger partial charge on any atom is -0.461 e. The molecule has 1 heterocycles. The number of nitrogens with two attached hydrogens (primary N) is 1. The number of hydrogen-bond acceptors (Lipinski definition) is 7. The third kappa shape index (κ3) is 4.72. The summed E-state index contributed by atoms with van der Waals surface area (Å²) < 4.78 is 33.7. The van der Waals surface area contributed by atoms with E-state index in [2.05, 4.69) is 25.1 Å². The molecule has 0 unspecified atom stereocenters. The number of alkyl halides is 2. The smallest absolute Gasteiger partial charge is 0.324 e. The summed E-state index contributed by atoms with van der Waals surface area (Å²) in [5.41, 5.74) is 2.16. The van der Waals surface area contributed by atoms with E-state index in [1.807, 2.05) is 0 Å². The molecule has 0 aliphatic rings. The Morgan fingerprint density at radius 3 is 2.41 bits per heavy atom. The van der Waals surface area contributed by atoms with Gasteiger partial charge in [0.1, 0.15) is 0 Å². The fraction of sp³-hybridized carbons (Fsp3) is 0.625. The van der Waals surface area contributed by atoms with Gasteiger partial charge in [0.25, 0.3) is 6.43 Å². The Bertz CT molecular complexity index is 364. The highest BCUT2D eigenvalue weighted by Crippen LogP contribution is 2.13. The molecule has 1 aromatic rings. The van der Waals surface area contributed by atoms with Gasteiger partial charge >= 0.3 is 12.0 Å². The molecule has 1 rings (SSSR count). The molecule has 3 N–H and O–H groups in total. The predicted octanol–water partition coefficient (Wildman–Crippen LogP) is 0.588. The van der Waals surface area contributed by atoms with Crippen molar-refractivity contribution in [2.24, 2.45) is 5.84 Å². The molecule has 0 amide bonds. The molecule has 0 aliphatic carbocycles. The molecule has 7 nitrogen and oxygen atoms in total. The average Bonchev–Trinajstić information content (AvgIpc) is 2.25. The van der Waals surface area contributed by atoms with Crippen molar-refractivity contribution in [2.75, 3.05) is 12.0 Å². The van der Waals surface area contributed by atoms with E-state index in [4.69, 9.17) is 10.6 Å². The first-order valence-electron chi connectivity index (χ1n) is 4.81. The Hall–Kier alpha value is -1.77. The summed E-state index contributed by atoms with van der Waals surface area (Å²) in [6.45, 7) is 2.72. The van der Waals surface area contributed by atoms with Gasteiger partial charge in [-0.25, -0.2) is 14.6 Å². The van der Waals surface area contributed by atoms with Gasteiger partial charge in [-0.15, -0.1) is 4.98 Å². The molecule has 1 aromatic heterocycles. The zero-order chi connectivity index (χ0) is 12.8. The van der Waals surface area contributed by atoms with Crippen LogP contribution < -0.4 is 20.7 Å². The van der Waals surface area contributed by atoms with Crippen LogP contribution in [0.25, 0.3) is 0 Å². The van der Waals surface area contributed by atoms with Crippen LogP contribution in [0.5, 0.6) is 12.0 Å². The predicted molar refractivity (Wildman–Crippen MR) is 54.9 cm³/mol. The van der Waals surface area contributed by atoms with E-state index in [0.717, 1.165) is 0 Å². The van der Waals surface area contributed by atoms with Crippen molar-refractivity contribution in [1.82, 2.24) is 15.0 Å². The van der Waals surface area contributed by atoms with Crippen LogP contribution in [0.3, 0.4) is 0 Å². The lowest BCUT2D eigenvalue weighted by atomic mass is 10.5. The lowest BCUT2D eigenvalue weighted by Crippen LogP contribution is -2.16. The van der Waals surface area contributed by atoms with Gasteiger partial charge in [-0.2, -0.15) is 9.97 Å². The maximum atomic E-state index is 11.9. The van der Waals surface area contributed by atoms with Crippen LogP contribution >= 0.6 is 0 Å². The first kappa shape index (κ1) is 13.3. The summed E-state index contributed by atoms with van der Waals surface area (Å²) in [7, 11) is 0. The highest BCUT2D eigenvalue weighted by Gasteiger charge is 2.11. The van der Waals surface area contributed by atoms with Gasteiger partial charge in [0.2, 0.25) is 5.95 Å². The van der Waals surface area contributed by atoms with Crippen molar-refractivity contribution in [1.29, 1.82) is 0 Å². The number of anilines is 1. The fourth-order valence-electron chi connectivity index (χ4n) is 0.868. The minimum absolute atomic E-state index is 0.0279. The first-order chi connectivity index (χ1) is 8.01. The maximum Gasteiger partial charge on any atom is 0.324 e. The molecular weight excluding hydrogens is 236 g/mol. The van der Waals surface area contributed by atoms with Gasteiger partial charge in [-0.05, 0) is 13.8 Å². The molecular formula is C8H13F2N5O2. The van der Waals surface area contributed by atoms with Crippen LogP contribution in [0.15, 0.2) is 0 Å². The van der Waals surface area contributed by atoms with E-state index in [9.17, 15) is 8.78 Å². The third-order valence-electron chi connectivity index (χ3n) is 1.40. The van der Waals surface area contributed by atoms with Gasteiger partial charge in [0.15, 0.2) is 6.61 Å². The Morgan fingerprint density at radius 2 is 1.88 bits per heavy atom. The third-order valence-corrected chi connectivity index (χ3v) is 1.40. The minimum atomic E-state index is -2.62. The second-order valence-electron chi connectivity index (χ2n) is 3.24. The SMILES string of the molecule is CC(C)Oc1nc(NN)nc(OCC(F)F)n1. The Kier molecular flexibility index (Phi) is 4.76. The molecule has 9 heteroatoms. The van der Waals surface area contributed by atoms with Gasteiger partial charge < -0.3 is 9.47 Å². The summed E-state index contributed by atoms with van der Waals surface area (Å²) in [6, 6.07) is -0.323. The Labute approximate surface area is 96.3 Å². The summed E-state index contributed by atoms with van der Waals surface area (Å²) in [5, 5.41) is 0. The van der Waals surface area contributed by atoms with Gasteiger partial charge in [0.05, 0.1) is 6.10 Å². The number of aromatic nitrogens is 3. The van der Waals surface area contributed by atoms with E-state index in [0.29, 0.717) is 0 Å². The first-order valence-corrected chi connectivity index (χ1v) is 4.81. The molecule has 0 saturated heterocycles. The molecule has 0 radical (unpaired) electrons. The van der Waals surface area contributed by atoms with Crippen LogP contribution in [0.1, 0.15) is 13.8 Å². The lowest BCUT2D eigenvalue weighted by Gasteiger charge is -2.10. The highest BCUT2D eigenvalue weighted by molar-refractivity contribution is 5.25. The highest BCUT2D eigenvalue weighted by atomic mass is 19.3.